The monoisotopic (exact) mass is 228 g/mol. The van der Waals surface area contributed by atoms with Crippen LogP contribution in [0.1, 0.15) is 45.4 Å². The normalized spacial score (nSPS) is 40.9. The maximum atomic E-state index is 13.0. The quantitative estimate of drug-likeness (QED) is 0.775. The molecule has 2 nitrogen and oxygen atoms in total. The van der Waals surface area contributed by atoms with E-state index in [1.54, 1.807) is 0 Å². The van der Waals surface area contributed by atoms with Gasteiger partial charge in [-0.3, -0.25) is 0 Å². The lowest BCUT2D eigenvalue weighted by Crippen LogP contribution is -2.56. The second kappa shape index (κ2) is 5.97. The van der Waals surface area contributed by atoms with E-state index in [1.807, 2.05) is 0 Å². The molecule has 2 rings (SSSR count). The van der Waals surface area contributed by atoms with Crippen LogP contribution in [0.15, 0.2) is 0 Å². The van der Waals surface area contributed by atoms with Crippen LogP contribution in [0.4, 0.5) is 4.39 Å². The Balaban J connectivity index is 1.72. The first-order valence-corrected chi connectivity index (χ1v) is 6.90. The Kier molecular flexibility index (Phi) is 4.59. The minimum Gasteiger partial charge on any atom is -0.301 e. The Hall–Kier alpha value is -0.150. The van der Waals surface area contributed by atoms with Gasteiger partial charge in [0.05, 0.1) is 6.17 Å². The molecular formula is C13H25FN2. The number of hydrogen-bond acceptors (Lipinski definition) is 2. The summed E-state index contributed by atoms with van der Waals surface area (Å²) < 4.78 is 13.0. The van der Waals surface area contributed by atoms with Gasteiger partial charge in [0.25, 0.3) is 0 Å². The van der Waals surface area contributed by atoms with Gasteiger partial charge in [0.1, 0.15) is 6.17 Å². The van der Waals surface area contributed by atoms with Crippen molar-refractivity contribution in [2.75, 3.05) is 13.1 Å². The fourth-order valence-electron chi connectivity index (χ4n) is 3.09. The van der Waals surface area contributed by atoms with Gasteiger partial charge in [0, 0.05) is 13.1 Å². The Morgan fingerprint density at radius 1 is 1.06 bits per heavy atom. The average Bonchev–Trinajstić information content (AvgIpc) is 2.32. The molecule has 1 saturated carbocycles. The SMILES string of the molecule is CCCC1CNC(C2CCC(F)CC2)NC1. The van der Waals surface area contributed by atoms with Gasteiger partial charge in [-0.15, -0.1) is 0 Å². The Morgan fingerprint density at radius 2 is 1.69 bits per heavy atom. The molecule has 0 aromatic heterocycles. The van der Waals surface area contributed by atoms with E-state index in [-0.39, 0.29) is 0 Å². The lowest BCUT2D eigenvalue weighted by Gasteiger charge is -2.38. The van der Waals surface area contributed by atoms with Crippen molar-refractivity contribution in [2.24, 2.45) is 11.8 Å². The van der Waals surface area contributed by atoms with Crippen molar-refractivity contribution in [1.82, 2.24) is 10.6 Å². The summed E-state index contributed by atoms with van der Waals surface area (Å²) in [7, 11) is 0. The van der Waals surface area contributed by atoms with Crippen molar-refractivity contribution >= 4 is 0 Å². The summed E-state index contributed by atoms with van der Waals surface area (Å²) in [5, 5.41) is 7.21. The molecule has 0 atom stereocenters. The fourth-order valence-corrected chi connectivity index (χ4v) is 3.09. The predicted octanol–water partition coefficient (Wildman–Crippen LogP) is 2.45. The highest BCUT2D eigenvalue weighted by molar-refractivity contribution is 4.85. The zero-order chi connectivity index (χ0) is 11.4. The standard InChI is InChI=1S/C13H25FN2/c1-2-3-10-8-15-13(16-9-10)11-4-6-12(14)7-5-11/h10-13,15-16H,2-9H2,1H3. The van der Waals surface area contributed by atoms with Crippen molar-refractivity contribution in [3.8, 4) is 0 Å². The summed E-state index contributed by atoms with van der Waals surface area (Å²) in [6.07, 6.45) is 6.11. The first-order chi connectivity index (χ1) is 7.79. The molecule has 94 valence electrons. The third kappa shape index (κ3) is 3.17. The summed E-state index contributed by atoms with van der Waals surface area (Å²) in [5.41, 5.74) is 0. The van der Waals surface area contributed by atoms with Crippen LogP contribution in [0.2, 0.25) is 0 Å². The maximum Gasteiger partial charge on any atom is 0.100 e. The van der Waals surface area contributed by atoms with Crippen LogP contribution >= 0.6 is 0 Å². The topological polar surface area (TPSA) is 24.1 Å². The van der Waals surface area contributed by atoms with E-state index < -0.39 is 6.17 Å². The molecule has 0 amide bonds. The van der Waals surface area contributed by atoms with Crippen LogP contribution in [0.3, 0.4) is 0 Å². The van der Waals surface area contributed by atoms with E-state index in [0.29, 0.717) is 12.1 Å². The van der Waals surface area contributed by atoms with Crippen molar-refractivity contribution in [3.05, 3.63) is 0 Å². The molecule has 2 fully saturated rings. The number of alkyl halides is 1. The Morgan fingerprint density at radius 3 is 2.25 bits per heavy atom. The van der Waals surface area contributed by atoms with Gasteiger partial charge in [-0.1, -0.05) is 13.3 Å². The molecule has 2 N–H and O–H groups in total. The highest BCUT2D eigenvalue weighted by atomic mass is 19.1. The first-order valence-electron chi connectivity index (χ1n) is 6.90. The molecule has 1 heterocycles. The second-order valence-electron chi connectivity index (χ2n) is 5.46. The molecule has 1 saturated heterocycles. The number of halogens is 1. The zero-order valence-corrected chi connectivity index (χ0v) is 10.3. The first kappa shape index (κ1) is 12.3. The smallest absolute Gasteiger partial charge is 0.100 e. The summed E-state index contributed by atoms with van der Waals surface area (Å²) >= 11 is 0. The molecule has 1 aliphatic carbocycles. The van der Waals surface area contributed by atoms with Crippen LogP contribution in [0.5, 0.6) is 0 Å². The van der Waals surface area contributed by atoms with E-state index in [9.17, 15) is 4.39 Å². The zero-order valence-electron chi connectivity index (χ0n) is 10.3. The molecule has 0 spiro atoms. The molecule has 16 heavy (non-hydrogen) atoms. The van der Waals surface area contributed by atoms with Gasteiger partial charge in [-0.05, 0) is 43.9 Å². The summed E-state index contributed by atoms with van der Waals surface area (Å²) in [5.74, 6) is 1.44. The predicted molar refractivity (Wildman–Crippen MR) is 65.0 cm³/mol. The van der Waals surface area contributed by atoms with E-state index in [4.69, 9.17) is 0 Å². The average molecular weight is 228 g/mol. The number of nitrogens with one attached hydrogen (secondary N) is 2. The van der Waals surface area contributed by atoms with E-state index in [2.05, 4.69) is 17.6 Å². The minimum atomic E-state index is -0.535. The molecule has 0 aromatic rings. The van der Waals surface area contributed by atoms with Gasteiger partial charge < -0.3 is 10.6 Å². The number of hydrogen-bond donors (Lipinski definition) is 2. The molecule has 0 bridgehead atoms. The third-order valence-corrected chi connectivity index (χ3v) is 4.12. The largest absolute Gasteiger partial charge is 0.301 e. The fraction of sp³-hybridized carbons (Fsp3) is 1.00. The van der Waals surface area contributed by atoms with Crippen LogP contribution < -0.4 is 10.6 Å². The second-order valence-corrected chi connectivity index (χ2v) is 5.46. The minimum absolute atomic E-state index is 0.445. The number of rotatable bonds is 3. The van der Waals surface area contributed by atoms with Gasteiger partial charge >= 0.3 is 0 Å². The highest BCUT2D eigenvalue weighted by Gasteiger charge is 2.29. The van der Waals surface area contributed by atoms with E-state index in [0.717, 1.165) is 44.7 Å². The van der Waals surface area contributed by atoms with Crippen molar-refractivity contribution in [1.29, 1.82) is 0 Å². The maximum absolute atomic E-state index is 13.0. The summed E-state index contributed by atoms with van der Waals surface area (Å²) in [6.45, 7) is 4.52. The van der Waals surface area contributed by atoms with Gasteiger partial charge in [-0.2, -0.15) is 0 Å². The van der Waals surface area contributed by atoms with Crippen molar-refractivity contribution < 1.29 is 4.39 Å². The molecule has 2 aliphatic rings. The molecular weight excluding hydrogens is 203 g/mol. The molecule has 0 unspecified atom stereocenters. The highest BCUT2D eigenvalue weighted by Crippen LogP contribution is 2.28. The van der Waals surface area contributed by atoms with Crippen LogP contribution in [-0.2, 0) is 0 Å². The van der Waals surface area contributed by atoms with E-state index in [1.165, 1.54) is 12.8 Å². The summed E-state index contributed by atoms with van der Waals surface area (Å²) in [4.78, 5) is 0. The van der Waals surface area contributed by atoms with Crippen LogP contribution in [0, 0.1) is 11.8 Å². The van der Waals surface area contributed by atoms with Gasteiger partial charge in [-0.25, -0.2) is 4.39 Å². The lowest BCUT2D eigenvalue weighted by molar-refractivity contribution is 0.142. The molecule has 0 aromatic carbocycles. The Bertz CT molecular complexity index is 194. The molecule has 0 radical (unpaired) electrons. The van der Waals surface area contributed by atoms with Crippen molar-refractivity contribution in [2.45, 2.75) is 57.8 Å². The van der Waals surface area contributed by atoms with Crippen LogP contribution in [-0.4, -0.2) is 25.4 Å². The van der Waals surface area contributed by atoms with Crippen LogP contribution in [0.25, 0.3) is 0 Å². The van der Waals surface area contributed by atoms with Gasteiger partial charge in [0.15, 0.2) is 0 Å². The third-order valence-electron chi connectivity index (χ3n) is 4.12. The lowest BCUT2D eigenvalue weighted by atomic mass is 9.84. The van der Waals surface area contributed by atoms with Crippen molar-refractivity contribution in [3.63, 3.8) is 0 Å². The molecule has 3 heteroatoms. The molecule has 1 aliphatic heterocycles. The Labute approximate surface area is 98.4 Å². The van der Waals surface area contributed by atoms with Gasteiger partial charge in [0.2, 0.25) is 0 Å². The van der Waals surface area contributed by atoms with E-state index >= 15 is 0 Å². The summed E-state index contributed by atoms with van der Waals surface area (Å²) in [6, 6.07) is 0.